The lowest BCUT2D eigenvalue weighted by atomic mass is 9.87. The summed E-state index contributed by atoms with van der Waals surface area (Å²) in [6.07, 6.45) is -6.72. The largest absolute Gasteiger partial charge is 0.756 e. The minimum absolute atomic E-state index is 0.0157. The molecule has 1 fully saturated rings. The van der Waals surface area contributed by atoms with E-state index in [-0.39, 0.29) is 41.6 Å². The molecule has 52 heavy (non-hydrogen) atoms. The summed E-state index contributed by atoms with van der Waals surface area (Å²) in [5.74, 6) is -1.09. The minimum atomic E-state index is -5.57. The fraction of sp³-hybridized carbons (Fsp3) is 0.667. The van der Waals surface area contributed by atoms with E-state index < -0.39 is 84.6 Å². The van der Waals surface area contributed by atoms with Crippen LogP contribution in [0, 0.1) is 5.41 Å². The molecule has 0 aliphatic carbocycles. The first-order chi connectivity index (χ1) is 24.1. The SMILES string of the molecule is CCC(=O)SCCNC(=O)CCNC(=O)C(O)C(C)(C)COP(=O)(O)OP(=O)(O)OCC1OC(n2cnc3c(N)ncnc32)C(O)C1OP(=O)([O-])O. The molecule has 24 nitrogen and oxygen atoms in total. The predicted octanol–water partition coefficient (Wildman–Crippen LogP) is -1.56. The van der Waals surface area contributed by atoms with E-state index in [1.165, 1.54) is 13.8 Å². The number of aliphatic hydroxyl groups excluding tert-OH is 2. The van der Waals surface area contributed by atoms with E-state index >= 15 is 0 Å². The molecule has 8 unspecified atom stereocenters. The van der Waals surface area contributed by atoms with Crippen molar-refractivity contribution < 1.29 is 80.5 Å². The summed E-state index contributed by atoms with van der Waals surface area (Å²) in [5, 5.41) is 26.2. The topological polar surface area (TPSA) is 366 Å². The Kier molecular flexibility index (Phi) is 15.4. The van der Waals surface area contributed by atoms with Crippen LogP contribution in [0.5, 0.6) is 0 Å². The lowest BCUT2D eigenvalue weighted by molar-refractivity contribution is -0.228. The molecule has 8 atom stereocenters. The van der Waals surface area contributed by atoms with Crippen LogP contribution in [0.1, 0.15) is 39.8 Å². The molecule has 0 aromatic carbocycles. The third-order valence-corrected chi connectivity index (χ3v) is 11.2. The molecule has 0 radical (unpaired) electrons. The minimum Gasteiger partial charge on any atom is -0.756 e. The average molecular weight is 823 g/mol. The Morgan fingerprint density at radius 2 is 1.79 bits per heavy atom. The maximum atomic E-state index is 12.6. The van der Waals surface area contributed by atoms with Gasteiger partial charge < -0.3 is 55.4 Å². The number of nitrogens with zero attached hydrogens (tertiary/aromatic N) is 4. The summed E-state index contributed by atoms with van der Waals surface area (Å²) < 4.78 is 61.6. The summed E-state index contributed by atoms with van der Waals surface area (Å²) in [6.45, 7) is 2.19. The number of rotatable bonds is 20. The maximum absolute atomic E-state index is 12.6. The smallest absolute Gasteiger partial charge is 0.481 e. The van der Waals surface area contributed by atoms with Gasteiger partial charge in [0.25, 0.3) is 7.82 Å². The number of hydrogen-bond donors (Lipinski definition) is 8. The summed E-state index contributed by atoms with van der Waals surface area (Å²) in [7, 11) is -16.6. The standard InChI is InChI=1S/C24H40N7O17P3S/c1-4-15(33)52-8-7-26-14(32)5-6-27-22(36)19(35)24(2,3)10-45-51(42,43)48-50(40,41)44-9-13-18(47-49(37,38)39)17(34)23(46-13)31-12-30-16-20(25)28-11-29-21(16)31/h11-13,17-19,23,34-35H,4-10H2,1-3H3,(H,26,32)(H,27,36)(H,40,41)(H,42,43)(H2,25,28,29)(H2,37,38,39)/p-1. The molecule has 3 heterocycles. The monoisotopic (exact) mass is 822 g/mol. The lowest BCUT2D eigenvalue weighted by Gasteiger charge is -2.30. The molecule has 2 aromatic rings. The molecular weight excluding hydrogens is 783 g/mol. The molecule has 1 aliphatic heterocycles. The van der Waals surface area contributed by atoms with E-state index in [0.29, 0.717) is 12.2 Å². The number of imidazole rings is 1. The zero-order valence-corrected chi connectivity index (χ0v) is 31.2. The predicted molar refractivity (Wildman–Crippen MR) is 175 cm³/mol. The molecule has 1 saturated heterocycles. The van der Waals surface area contributed by atoms with Crippen LogP contribution < -0.4 is 21.3 Å². The molecule has 0 bridgehead atoms. The van der Waals surface area contributed by atoms with Gasteiger partial charge in [-0.1, -0.05) is 32.5 Å². The number of aromatic nitrogens is 4. The number of phosphoric ester groups is 3. The highest BCUT2D eigenvalue weighted by Crippen LogP contribution is 2.61. The Labute approximate surface area is 299 Å². The number of nitrogen functional groups attached to an aromatic ring is 1. The van der Waals surface area contributed by atoms with Gasteiger partial charge in [-0.25, -0.2) is 24.1 Å². The molecule has 2 aromatic heterocycles. The Morgan fingerprint density at radius 1 is 1.12 bits per heavy atom. The van der Waals surface area contributed by atoms with Gasteiger partial charge in [0.1, 0.15) is 36.3 Å². The van der Waals surface area contributed by atoms with Gasteiger partial charge in [-0.3, -0.25) is 32.6 Å². The molecule has 28 heteroatoms. The van der Waals surface area contributed by atoms with E-state index in [2.05, 4.69) is 34.4 Å². The summed E-state index contributed by atoms with van der Waals surface area (Å²) in [5.41, 5.74) is 4.22. The molecule has 3 rings (SSSR count). The average Bonchev–Trinajstić information content (AvgIpc) is 3.60. The van der Waals surface area contributed by atoms with Crippen molar-refractivity contribution >= 4 is 69.1 Å². The molecule has 9 N–H and O–H groups in total. The van der Waals surface area contributed by atoms with Gasteiger partial charge in [0.2, 0.25) is 11.8 Å². The van der Waals surface area contributed by atoms with E-state index in [1.807, 2.05) is 0 Å². The van der Waals surface area contributed by atoms with E-state index in [4.69, 9.17) is 19.5 Å². The highest BCUT2D eigenvalue weighted by atomic mass is 32.2. The van der Waals surface area contributed by atoms with Crippen molar-refractivity contribution in [2.24, 2.45) is 5.41 Å². The first kappa shape index (κ1) is 44.0. The van der Waals surface area contributed by atoms with E-state index in [0.717, 1.165) is 29.0 Å². The van der Waals surface area contributed by atoms with Crippen LogP contribution in [0.3, 0.4) is 0 Å². The third kappa shape index (κ3) is 12.9. The number of nitrogens with two attached hydrogens (primary N) is 1. The number of aliphatic hydroxyl groups is 2. The summed E-state index contributed by atoms with van der Waals surface area (Å²) >= 11 is 1.07. The van der Waals surface area contributed by atoms with Crippen molar-refractivity contribution in [3.8, 4) is 0 Å². The van der Waals surface area contributed by atoms with Crippen LogP contribution in [-0.2, 0) is 50.7 Å². The Morgan fingerprint density at radius 3 is 2.44 bits per heavy atom. The molecule has 294 valence electrons. The number of ether oxygens (including phenoxy) is 1. The highest BCUT2D eigenvalue weighted by Gasteiger charge is 2.49. The van der Waals surface area contributed by atoms with Gasteiger partial charge in [0.05, 0.1) is 19.5 Å². The number of carbonyl (C=O) groups is 3. The zero-order chi connectivity index (χ0) is 39.1. The van der Waals surface area contributed by atoms with Gasteiger partial charge in [-0.05, 0) is 0 Å². The number of phosphoric acid groups is 3. The maximum Gasteiger partial charge on any atom is 0.481 e. The Hall–Kier alpha value is -2.44. The number of amides is 2. The van der Waals surface area contributed by atoms with Crippen molar-refractivity contribution in [2.75, 3.05) is 37.8 Å². The van der Waals surface area contributed by atoms with Crippen molar-refractivity contribution in [3.05, 3.63) is 12.7 Å². The second-order valence-electron chi connectivity index (χ2n) is 11.6. The first-order valence-electron chi connectivity index (χ1n) is 15.1. The Bertz CT molecular complexity index is 1730. The number of carbonyl (C=O) groups excluding carboxylic acids is 3. The van der Waals surface area contributed by atoms with E-state index in [1.54, 1.807) is 6.92 Å². The van der Waals surface area contributed by atoms with Crippen molar-refractivity contribution in [3.63, 3.8) is 0 Å². The van der Waals surface area contributed by atoms with Crippen molar-refractivity contribution in [1.29, 1.82) is 0 Å². The summed E-state index contributed by atoms with van der Waals surface area (Å²) in [6, 6.07) is 0. The molecule has 1 aliphatic rings. The highest BCUT2D eigenvalue weighted by molar-refractivity contribution is 8.13. The van der Waals surface area contributed by atoms with Crippen LogP contribution in [0.25, 0.3) is 11.2 Å². The van der Waals surface area contributed by atoms with Crippen LogP contribution in [0.15, 0.2) is 12.7 Å². The van der Waals surface area contributed by atoms with Crippen LogP contribution in [0.2, 0.25) is 0 Å². The van der Waals surface area contributed by atoms with Gasteiger partial charge in [0, 0.05) is 37.1 Å². The summed E-state index contributed by atoms with van der Waals surface area (Å²) in [4.78, 5) is 88.4. The number of fused-ring (bicyclic) bond motifs is 1. The molecule has 2 amide bonds. The van der Waals surface area contributed by atoms with Gasteiger partial charge in [0.15, 0.2) is 22.8 Å². The fourth-order valence-electron chi connectivity index (χ4n) is 4.39. The van der Waals surface area contributed by atoms with Crippen LogP contribution in [-0.4, -0.2) is 118 Å². The molecular formula is C24H39N7O17P3S-. The number of thioether (sulfide) groups is 1. The second kappa shape index (κ2) is 18.3. The zero-order valence-electron chi connectivity index (χ0n) is 27.7. The van der Waals surface area contributed by atoms with Gasteiger partial charge >= 0.3 is 15.6 Å². The van der Waals surface area contributed by atoms with Crippen LogP contribution in [0.4, 0.5) is 5.82 Å². The number of hydrogen-bond acceptors (Lipinski definition) is 19. The third-order valence-electron chi connectivity index (χ3n) is 7.05. The lowest BCUT2D eigenvalue weighted by Crippen LogP contribution is -2.46. The fourth-order valence-corrected chi connectivity index (χ4v) is 7.85. The second-order valence-corrected chi connectivity index (χ2v) is 17.0. The van der Waals surface area contributed by atoms with E-state index in [9.17, 15) is 57.9 Å². The van der Waals surface area contributed by atoms with Crippen LogP contribution >= 0.6 is 35.2 Å². The molecule has 0 saturated carbocycles. The number of nitrogens with one attached hydrogen (secondary N) is 2. The number of anilines is 1. The van der Waals surface area contributed by atoms with Gasteiger partial charge in [-0.15, -0.1) is 0 Å². The van der Waals surface area contributed by atoms with Crippen molar-refractivity contribution in [1.82, 2.24) is 30.2 Å². The van der Waals surface area contributed by atoms with Crippen molar-refractivity contribution in [2.45, 2.75) is 64.3 Å². The quantitative estimate of drug-likeness (QED) is 0.0553. The first-order valence-corrected chi connectivity index (χ1v) is 20.6. The van der Waals surface area contributed by atoms with Gasteiger partial charge in [-0.2, -0.15) is 4.31 Å². The molecule has 0 spiro atoms. The normalized spacial score (nSPS) is 23.3. The Balaban J connectivity index is 1.54.